The summed E-state index contributed by atoms with van der Waals surface area (Å²) in [6.07, 6.45) is 4.15. The number of hydrogen-bond donors (Lipinski definition) is 0. The van der Waals surface area contributed by atoms with Crippen LogP contribution in [0, 0.1) is 11.3 Å². The van der Waals surface area contributed by atoms with Crippen molar-refractivity contribution in [2.45, 2.75) is 26.2 Å². The molecule has 0 fully saturated rings. The van der Waals surface area contributed by atoms with Crippen molar-refractivity contribution < 1.29 is 9.26 Å². The van der Waals surface area contributed by atoms with Gasteiger partial charge in [-0.05, 0) is 18.6 Å². The first-order valence-electron chi connectivity index (χ1n) is 7.61. The summed E-state index contributed by atoms with van der Waals surface area (Å²) in [5, 5.41) is 12.9. The van der Waals surface area contributed by atoms with Crippen LogP contribution in [0.5, 0.6) is 11.6 Å². The van der Waals surface area contributed by atoms with Crippen molar-refractivity contribution in [2.24, 2.45) is 0 Å². The SMILES string of the molecule is CCCCc1nc(-c2cccc(Oc3cc(C#N)ncn3)c2)no1. The number of ether oxygens (including phenoxy) is 1. The maximum atomic E-state index is 8.86. The Bertz CT molecular complexity index is 869. The molecule has 0 N–H and O–H groups in total. The van der Waals surface area contributed by atoms with Gasteiger partial charge in [0.1, 0.15) is 23.8 Å². The fourth-order valence-corrected chi connectivity index (χ4v) is 2.08. The van der Waals surface area contributed by atoms with Crippen molar-refractivity contribution >= 4 is 0 Å². The molecule has 120 valence electrons. The molecule has 24 heavy (non-hydrogen) atoms. The van der Waals surface area contributed by atoms with E-state index < -0.39 is 0 Å². The molecule has 3 aromatic rings. The number of nitrogens with zero attached hydrogens (tertiary/aromatic N) is 5. The molecule has 7 heteroatoms. The van der Waals surface area contributed by atoms with Crippen LogP contribution in [0.4, 0.5) is 0 Å². The number of nitriles is 1. The van der Waals surface area contributed by atoms with E-state index in [9.17, 15) is 0 Å². The van der Waals surface area contributed by atoms with Crippen molar-refractivity contribution in [3.8, 4) is 29.1 Å². The van der Waals surface area contributed by atoms with Crippen molar-refractivity contribution in [1.82, 2.24) is 20.1 Å². The molecule has 0 unspecified atom stereocenters. The number of unbranched alkanes of at least 4 members (excludes halogenated alkanes) is 1. The molecule has 7 nitrogen and oxygen atoms in total. The van der Waals surface area contributed by atoms with Crippen molar-refractivity contribution in [1.29, 1.82) is 5.26 Å². The minimum Gasteiger partial charge on any atom is -0.439 e. The van der Waals surface area contributed by atoms with E-state index in [0.717, 1.165) is 24.8 Å². The third-order valence-corrected chi connectivity index (χ3v) is 3.28. The molecular weight excluding hydrogens is 306 g/mol. The third-order valence-electron chi connectivity index (χ3n) is 3.28. The molecule has 0 saturated carbocycles. The van der Waals surface area contributed by atoms with Gasteiger partial charge in [-0.2, -0.15) is 10.2 Å². The summed E-state index contributed by atoms with van der Waals surface area (Å²) in [6, 6.07) is 10.7. The Morgan fingerprint density at radius 2 is 2.17 bits per heavy atom. The Balaban J connectivity index is 1.78. The number of benzene rings is 1. The van der Waals surface area contributed by atoms with Crippen molar-refractivity contribution in [3.63, 3.8) is 0 Å². The molecule has 0 spiro atoms. The zero-order valence-corrected chi connectivity index (χ0v) is 13.1. The van der Waals surface area contributed by atoms with E-state index in [0.29, 0.717) is 23.3 Å². The number of aromatic nitrogens is 4. The van der Waals surface area contributed by atoms with Crippen LogP contribution in [0.15, 0.2) is 41.2 Å². The molecule has 0 aliphatic heterocycles. The van der Waals surface area contributed by atoms with Crippen LogP contribution in [0.3, 0.4) is 0 Å². The van der Waals surface area contributed by atoms with Gasteiger partial charge in [0.2, 0.25) is 17.6 Å². The monoisotopic (exact) mass is 321 g/mol. The van der Waals surface area contributed by atoms with Crippen LogP contribution in [-0.2, 0) is 6.42 Å². The van der Waals surface area contributed by atoms with Crippen LogP contribution in [0.1, 0.15) is 31.4 Å². The predicted octanol–water partition coefficient (Wildman–Crippen LogP) is 3.53. The molecule has 0 atom stereocenters. The van der Waals surface area contributed by atoms with Gasteiger partial charge in [-0.1, -0.05) is 30.6 Å². The molecule has 0 bridgehead atoms. The van der Waals surface area contributed by atoms with Crippen molar-refractivity contribution in [2.75, 3.05) is 0 Å². The summed E-state index contributed by atoms with van der Waals surface area (Å²) in [5.74, 6) is 2.02. The zero-order valence-electron chi connectivity index (χ0n) is 13.1. The highest BCUT2D eigenvalue weighted by Gasteiger charge is 2.10. The molecule has 0 saturated heterocycles. The summed E-state index contributed by atoms with van der Waals surface area (Å²) >= 11 is 0. The Kier molecular flexibility index (Phi) is 4.77. The lowest BCUT2D eigenvalue weighted by Crippen LogP contribution is -1.91. The van der Waals surface area contributed by atoms with Crippen LogP contribution >= 0.6 is 0 Å². The Hall–Kier alpha value is -3.27. The average Bonchev–Trinajstić information content (AvgIpc) is 3.09. The molecule has 0 aliphatic rings. The van der Waals surface area contributed by atoms with Gasteiger partial charge in [-0.25, -0.2) is 9.97 Å². The maximum Gasteiger partial charge on any atom is 0.226 e. The van der Waals surface area contributed by atoms with Crippen LogP contribution in [0.2, 0.25) is 0 Å². The van der Waals surface area contributed by atoms with E-state index in [1.165, 1.54) is 12.4 Å². The molecule has 1 aromatic carbocycles. The van der Waals surface area contributed by atoms with E-state index in [2.05, 4.69) is 27.0 Å². The Labute approximate surface area is 139 Å². The quantitative estimate of drug-likeness (QED) is 0.684. The first-order valence-corrected chi connectivity index (χ1v) is 7.61. The third kappa shape index (κ3) is 3.73. The van der Waals surface area contributed by atoms with Gasteiger partial charge >= 0.3 is 0 Å². The second-order valence-corrected chi connectivity index (χ2v) is 5.10. The zero-order chi connectivity index (χ0) is 16.8. The van der Waals surface area contributed by atoms with Gasteiger partial charge in [0.15, 0.2) is 0 Å². The Morgan fingerprint density at radius 3 is 3.00 bits per heavy atom. The normalized spacial score (nSPS) is 10.3. The topological polar surface area (TPSA) is 97.7 Å². The molecule has 2 aromatic heterocycles. The van der Waals surface area contributed by atoms with Gasteiger partial charge in [-0.15, -0.1) is 0 Å². The summed E-state index contributed by atoms with van der Waals surface area (Å²) in [4.78, 5) is 12.2. The van der Waals surface area contributed by atoms with Gasteiger partial charge in [0.25, 0.3) is 0 Å². The predicted molar refractivity (Wildman–Crippen MR) is 85.2 cm³/mol. The largest absolute Gasteiger partial charge is 0.439 e. The molecular formula is C17H15N5O2. The lowest BCUT2D eigenvalue weighted by atomic mass is 10.2. The van der Waals surface area contributed by atoms with Crippen LogP contribution < -0.4 is 4.74 Å². The molecule has 2 heterocycles. The van der Waals surface area contributed by atoms with E-state index in [1.807, 2.05) is 18.2 Å². The van der Waals surface area contributed by atoms with Gasteiger partial charge in [-0.3, -0.25) is 0 Å². The standard InChI is InChI=1S/C17H15N5O2/c1-2-3-7-15-21-17(22-24-15)12-5-4-6-14(8-12)23-16-9-13(10-18)19-11-20-16/h4-6,8-9,11H,2-3,7H2,1H3. The van der Waals surface area contributed by atoms with E-state index >= 15 is 0 Å². The first-order chi connectivity index (χ1) is 11.8. The van der Waals surface area contributed by atoms with Crippen molar-refractivity contribution in [3.05, 3.63) is 48.2 Å². The Morgan fingerprint density at radius 1 is 1.25 bits per heavy atom. The lowest BCUT2D eigenvalue weighted by molar-refractivity contribution is 0.375. The van der Waals surface area contributed by atoms with E-state index in [4.69, 9.17) is 14.5 Å². The molecule has 0 aliphatic carbocycles. The van der Waals surface area contributed by atoms with Gasteiger partial charge in [0.05, 0.1) is 0 Å². The number of rotatable bonds is 6. The molecule has 3 rings (SSSR count). The summed E-state index contributed by atoms with van der Waals surface area (Å²) in [5.41, 5.74) is 1.03. The minimum atomic E-state index is 0.245. The summed E-state index contributed by atoms with van der Waals surface area (Å²) in [6.45, 7) is 2.11. The van der Waals surface area contributed by atoms with Gasteiger partial charge in [0, 0.05) is 18.1 Å². The van der Waals surface area contributed by atoms with Crippen LogP contribution in [0.25, 0.3) is 11.4 Å². The number of hydrogen-bond acceptors (Lipinski definition) is 7. The second kappa shape index (κ2) is 7.33. The highest BCUT2D eigenvalue weighted by atomic mass is 16.5. The second-order valence-electron chi connectivity index (χ2n) is 5.10. The fourth-order valence-electron chi connectivity index (χ4n) is 2.08. The smallest absolute Gasteiger partial charge is 0.226 e. The van der Waals surface area contributed by atoms with E-state index in [-0.39, 0.29) is 5.69 Å². The summed E-state index contributed by atoms with van der Waals surface area (Å²) in [7, 11) is 0. The average molecular weight is 321 g/mol. The van der Waals surface area contributed by atoms with E-state index in [1.54, 1.807) is 12.1 Å². The molecule has 0 radical (unpaired) electrons. The highest BCUT2D eigenvalue weighted by molar-refractivity contribution is 5.57. The molecule has 0 amide bonds. The van der Waals surface area contributed by atoms with Crippen LogP contribution in [-0.4, -0.2) is 20.1 Å². The maximum absolute atomic E-state index is 8.86. The highest BCUT2D eigenvalue weighted by Crippen LogP contribution is 2.25. The first kappa shape index (κ1) is 15.6. The fraction of sp³-hybridized carbons (Fsp3) is 0.235. The summed E-state index contributed by atoms with van der Waals surface area (Å²) < 4.78 is 10.9. The van der Waals surface area contributed by atoms with Gasteiger partial charge < -0.3 is 9.26 Å². The number of aryl methyl sites for hydroxylation is 1. The minimum absolute atomic E-state index is 0.245. The lowest BCUT2D eigenvalue weighted by Gasteiger charge is -2.05.